The number of hydrogen-bond donors (Lipinski definition) is 1. The highest BCUT2D eigenvalue weighted by Gasteiger charge is 2.30. The molecule has 142 valence electrons. The molecule has 0 spiro atoms. The number of nitrogens with zero attached hydrogens (tertiary/aromatic N) is 4. The monoisotopic (exact) mass is 401 g/mol. The third kappa shape index (κ3) is 3.76. The molecule has 1 N–H and O–H groups in total. The normalized spacial score (nSPS) is 18.8. The Hall–Kier alpha value is -1.85. The van der Waals surface area contributed by atoms with Gasteiger partial charge in [0.05, 0.1) is 11.3 Å². The summed E-state index contributed by atoms with van der Waals surface area (Å²) in [7, 11) is 0. The average Bonchev–Trinajstić information content (AvgIpc) is 3.32. The van der Waals surface area contributed by atoms with Crippen molar-refractivity contribution in [1.29, 1.82) is 5.26 Å². The van der Waals surface area contributed by atoms with E-state index in [1.165, 1.54) is 29.5 Å². The van der Waals surface area contributed by atoms with Crippen molar-refractivity contribution in [2.75, 3.05) is 11.1 Å². The number of nitriles is 1. The number of amides is 1. The fourth-order valence-electron chi connectivity index (χ4n) is 3.60. The predicted octanol–water partition coefficient (Wildman–Crippen LogP) is 3.96. The van der Waals surface area contributed by atoms with Crippen LogP contribution in [0.2, 0.25) is 0 Å². The largest absolute Gasteiger partial charge is 0.316 e. The second kappa shape index (κ2) is 7.64. The number of nitrogens with one attached hydrogen (secondary N) is 1. The van der Waals surface area contributed by atoms with Crippen LogP contribution in [0.4, 0.5) is 5.00 Å². The highest BCUT2D eigenvalue weighted by molar-refractivity contribution is 7.99. The minimum atomic E-state index is -0.0956. The van der Waals surface area contributed by atoms with Gasteiger partial charge in [0.1, 0.15) is 16.9 Å². The van der Waals surface area contributed by atoms with Gasteiger partial charge in [-0.05, 0) is 50.5 Å². The molecular formula is C19H23N5OS2. The van der Waals surface area contributed by atoms with Crippen LogP contribution in [0, 0.1) is 17.2 Å². The number of anilines is 1. The van der Waals surface area contributed by atoms with Gasteiger partial charge in [-0.2, -0.15) is 5.26 Å². The van der Waals surface area contributed by atoms with E-state index in [-0.39, 0.29) is 11.7 Å². The number of aromatic nitrogens is 3. The third-order valence-electron chi connectivity index (χ3n) is 5.21. The number of thioether (sulfide) groups is 1. The van der Waals surface area contributed by atoms with Crippen molar-refractivity contribution >= 4 is 34.0 Å². The van der Waals surface area contributed by atoms with E-state index in [0.29, 0.717) is 22.4 Å². The van der Waals surface area contributed by atoms with Crippen LogP contribution in [0.5, 0.6) is 0 Å². The van der Waals surface area contributed by atoms with Crippen LogP contribution in [0.15, 0.2) is 5.16 Å². The van der Waals surface area contributed by atoms with Crippen LogP contribution in [-0.2, 0) is 24.2 Å². The van der Waals surface area contributed by atoms with Gasteiger partial charge in [-0.3, -0.25) is 4.79 Å². The van der Waals surface area contributed by atoms with Crippen molar-refractivity contribution in [2.24, 2.45) is 5.92 Å². The second-order valence-electron chi connectivity index (χ2n) is 7.36. The van der Waals surface area contributed by atoms with E-state index in [4.69, 9.17) is 0 Å². The first-order valence-electron chi connectivity index (χ1n) is 9.51. The maximum Gasteiger partial charge on any atom is 0.235 e. The minimum absolute atomic E-state index is 0.0956. The lowest BCUT2D eigenvalue weighted by Crippen LogP contribution is -2.15. The molecule has 1 saturated carbocycles. The topological polar surface area (TPSA) is 83.6 Å². The summed E-state index contributed by atoms with van der Waals surface area (Å²) in [5.41, 5.74) is 1.80. The van der Waals surface area contributed by atoms with Gasteiger partial charge in [-0.1, -0.05) is 18.7 Å². The van der Waals surface area contributed by atoms with Gasteiger partial charge < -0.3 is 9.88 Å². The highest BCUT2D eigenvalue weighted by atomic mass is 32.2. The number of carbonyl (C=O) groups is 1. The van der Waals surface area contributed by atoms with Gasteiger partial charge in [0.2, 0.25) is 5.91 Å². The zero-order valence-electron chi connectivity index (χ0n) is 15.6. The van der Waals surface area contributed by atoms with Crippen LogP contribution >= 0.6 is 23.1 Å². The summed E-state index contributed by atoms with van der Waals surface area (Å²) < 4.78 is 2.11. The lowest BCUT2D eigenvalue weighted by atomic mass is 9.89. The Bertz CT molecular complexity index is 906. The molecule has 1 atom stereocenters. The van der Waals surface area contributed by atoms with Crippen LogP contribution in [-0.4, -0.2) is 26.4 Å². The van der Waals surface area contributed by atoms with Gasteiger partial charge in [-0.15, -0.1) is 21.5 Å². The zero-order valence-corrected chi connectivity index (χ0v) is 17.3. The van der Waals surface area contributed by atoms with E-state index >= 15 is 0 Å². The number of fused-ring (bicyclic) bond motifs is 1. The van der Waals surface area contributed by atoms with E-state index in [9.17, 15) is 10.1 Å². The fourth-order valence-corrected chi connectivity index (χ4v) is 5.78. The molecule has 2 aliphatic carbocycles. The summed E-state index contributed by atoms with van der Waals surface area (Å²) in [6.45, 7) is 5.14. The summed E-state index contributed by atoms with van der Waals surface area (Å²) >= 11 is 2.98. The Kier molecular flexibility index (Phi) is 5.24. The fraction of sp³-hybridized carbons (Fsp3) is 0.579. The van der Waals surface area contributed by atoms with Crippen molar-refractivity contribution < 1.29 is 4.79 Å². The smallest absolute Gasteiger partial charge is 0.235 e. The highest BCUT2D eigenvalue weighted by Crippen LogP contribution is 2.40. The Labute approximate surface area is 167 Å². The molecule has 2 aliphatic rings. The first-order chi connectivity index (χ1) is 13.1. The number of thiophene rings is 1. The van der Waals surface area contributed by atoms with Gasteiger partial charge in [-0.25, -0.2) is 0 Å². The summed E-state index contributed by atoms with van der Waals surface area (Å²) in [6, 6.07) is 2.30. The molecule has 6 nitrogen and oxygen atoms in total. The van der Waals surface area contributed by atoms with E-state index in [0.717, 1.165) is 42.4 Å². The molecule has 0 aromatic carbocycles. The molecule has 0 saturated heterocycles. The van der Waals surface area contributed by atoms with Crippen molar-refractivity contribution in [1.82, 2.24) is 14.8 Å². The number of hydrogen-bond acceptors (Lipinski definition) is 6. The second-order valence-corrected chi connectivity index (χ2v) is 9.41. The molecule has 1 amide bonds. The molecule has 0 bridgehead atoms. The number of carbonyl (C=O) groups excluding carboxylic acids is 1. The maximum absolute atomic E-state index is 12.5. The van der Waals surface area contributed by atoms with Crippen LogP contribution in [0.3, 0.4) is 0 Å². The summed E-state index contributed by atoms with van der Waals surface area (Å²) in [6.07, 6.45) is 5.41. The first-order valence-corrected chi connectivity index (χ1v) is 11.3. The van der Waals surface area contributed by atoms with E-state index in [2.05, 4.69) is 40.0 Å². The third-order valence-corrected chi connectivity index (χ3v) is 7.35. The van der Waals surface area contributed by atoms with Gasteiger partial charge in [0, 0.05) is 17.3 Å². The van der Waals surface area contributed by atoms with Crippen LogP contribution < -0.4 is 5.32 Å². The molecule has 2 heterocycles. The maximum atomic E-state index is 12.5. The van der Waals surface area contributed by atoms with Crippen LogP contribution in [0.1, 0.15) is 60.9 Å². The minimum Gasteiger partial charge on any atom is -0.316 e. The molecular weight excluding hydrogens is 378 g/mol. The summed E-state index contributed by atoms with van der Waals surface area (Å²) in [5.74, 6) is 2.41. The lowest BCUT2D eigenvalue weighted by Gasteiger charge is -2.17. The van der Waals surface area contributed by atoms with Crippen LogP contribution in [0.25, 0.3) is 0 Å². The first kappa shape index (κ1) is 18.5. The predicted molar refractivity (Wildman–Crippen MR) is 107 cm³/mol. The molecule has 2 aromatic rings. The molecule has 0 unspecified atom stereocenters. The Balaban J connectivity index is 1.42. The Morgan fingerprint density at radius 3 is 2.93 bits per heavy atom. The quantitative estimate of drug-likeness (QED) is 0.741. The molecule has 2 aromatic heterocycles. The molecule has 0 radical (unpaired) electrons. The average molecular weight is 402 g/mol. The van der Waals surface area contributed by atoms with Crippen molar-refractivity contribution in [3.63, 3.8) is 0 Å². The van der Waals surface area contributed by atoms with E-state index in [1.54, 1.807) is 11.3 Å². The molecule has 27 heavy (non-hydrogen) atoms. The zero-order chi connectivity index (χ0) is 19.0. The molecule has 1 fully saturated rings. The summed E-state index contributed by atoms with van der Waals surface area (Å²) in [4.78, 5) is 13.7. The summed E-state index contributed by atoms with van der Waals surface area (Å²) in [5, 5.41) is 22.6. The van der Waals surface area contributed by atoms with Crippen molar-refractivity contribution in [3.8, 4) is 6.07 Å². The van der Waals surface area contributed by atoms with E-state index in [1.807, 2.05) is 0 Å². The van der Waals surface area contributed by atoms with Gasteiger partial charge in [0.15, 0.2) is 5.16 Å². The Morgan fingerprint density at radius 1 is 1.41 bits per heavy atom. The standard InChI is InChI=1S/C19H23N5OS2/c1-3-24-17(12-5-6-12)22-23-19(24)26-10-16(25)21-18-14(9-20)13-7-4-11(2)8-15(13)27-18/h11-12H,3-8,10H2,1-2H3,(H,21,25)/t11-/m1/s1. The number of rotatable bonds is 6. The van der Waals surface area contributed by atoms with Gasteiger partial charge >= 0.3 is 0 Å². The van der Waals surface area contributed by atoms with Crippen molar-refractivity contribution in [3.05, 3.63) is 21.8 Å². The van der Waals surface area contributed by atoms with Gasteiger partial charge in [0.25, 0.3) is 0 Å². The van der Waals surface area contributed by atoms with Crippen molar-refractivity contribution in [2.45, 2.75) is 63.6 Å². The lowest BCUT2D eigenvalue weighted by molar-refractivity contribution is -0.113. The SMILES string of the molecule is CCn1c(SCC(=O)Nc2sc3c(c2C#N)CC[C@@H](C)C3)nnc1C1CC1. The Morgan fingerprint density at radius 2 is 2.22 bits per heavy atom. The molecule has 8 heteroatoms. The molecule has 0 aliphatic heterocycles. The molecule has 4 rings (SSSR count). The van der Waals surface area contributed by atoms with E-state index < -0.39 is 0 Å².